The molecule has 0 saturated heterocycles. The molecule has 0 spiro atoms. The van der Waals surface area contributed by atoms with Gasteiger partial charge in [0.25, 0.3) is 0 Å². The largest absolute Gasteiger partial charge is 0.357 e. The minimum absolute atomic E-state index is 0.0390. The van der Waals surface area contributed by atoms with E-state index in [4.69, 9.17) is 11.6 Å². The second-order valence-corrected chi connectivity index (χ2v) is 11.0. The molecular formula is C27H29ClFN3O4S. The summed E-state index contributed by atoms with van der Waals surface area (Å²) in [6.45, 7) is 1.41. The Hall–Kier alpha value is -3.43. The Kier molecular flexibility index (Phi) is 9.29. The molecule has 3 rings (SSSR count). The van der Waals surface area contributed by atoms with Crippen molar-refractivity contribution >= 4 is 39.1 Å². The number of carbonyl (C=O) groups excluding carboxylic acids is 2. The lowest BCUT2D eigenvalue weighted by atomic mass is 10.0. The molecule has 2 amide bonds. The number of hydrogen-bond donors (Lipinski definition) is 1. The number of nitrogens with one attached hydrogen (secondary N) is 1. The van der Waals surface area contributed by atoms with Gasteiger partial charge >= 0.3 is 0 Å². The number of likely N-dealkylation sites (N-methyl/N-ethyl adjacent to an activating group) is 1. The number of anilines is 1. The van der Waals surface area contributed by atoms with Crippen molar-refractivity contribution < 1.29 is 22.4 Å². The summed E-state index contributed by atoms with van der Waals surface area (Å²) in [6, 6.07) is 19.2. The fraction of sp³-hybridized carbons (Fsp3) is 0.259. The van der Waals surface area contributed by atoms with Crippen molar-refractivity contribution in [1.82, 2.24) is 10.2 Å². The maximum atomic E-state index is 13.8. The SMILES string of the molecule is CNC(=O)[C@H](Cc1ccccc1)N(Cc1ccc(C)cc1)C(=O)CN(c1ccc(F)c(Cl)c1)S(C)(=O)=O. The molecule has 0 aromatic heterocycles. The molecule has 37 heavy (non-hydrogen) atoms. The van der Waals surface area contributed by atoms with Gasteiger partial charge in [-0.25, -0.2) is 12.8 Å². The first-order chi connectivity index (χ1) is 17.5. The highest BCUT2D eigenvalue weighted by atomic mass is 35.5. The van der Waals surface area contributed by atoms with Crippen molar-refractivity contribution in [3.05, 3.63) is 100 Å². The topological polar surface area (TPSA) is 86.8 Å². The number of rotatable bonds is 10. The van der Waals surface area contributed by atoms with E-state index in [9.17, 15) is 22.4 Å². The number of benzene rings is 3. The quantitative estimate of drug-likeness (QED) is 0.418. The Morgan fingerprint density at radius 3 is 2.22 bits per heavy atom. The highest BCUT2D eigenvalue weighted by Gasteiger charge is 2.32. The van der Waals surface area contributed by atoms with Gasteiger partial charge in [0.05, 0.1) is 17.0 Å². The first-order valence-electron chi connectivity index (χ1n) is 11.5. The van der Waals surface area contributed by atoms with Gasteiger partial charge in [-0.15, -0.1) is 0 Å². The van der Waals surface area contributed by atoms with Gasteiger partial charge in [0.1, 0.15) is 18.4 Å². The minimum atomic E-state index is -3.96. The average Bonchev–Trinajstić information content (AvgIpc) is 2.87. The summed E-state index contributed by atoms with van der Waals surface area (Å²) in [5.74, 6) is -1.70. The minimum Gasteiger partial charge on any atom is -0.357 e. The van der Waals surface area contributed by atoms with Crippen molar-refractivity contribution in [1.29, 1.82) is 0 Å². The first-order valence-corrected chi connectivity index (χ1v) is 13.8. The average molecular weight is 546 g/mol. The molecule has 10 heteroatoms. The van der Waals surface area contributed by atoms with Gasteiger partial charge in [-0.3, -0.25) is 13.9 Å². The van der Waals surface area contributed by atoms with Crippen molar-refractivity contribution in [3.63, 3.8) is 0 Å². The number of hydrogen-bond acceptors (Lipinski definition) is 4. The van der Waals surface area contributed by atoms with Gasteiger partial charge in [0, 0.05) is 20.0 Å². The zero-order chi connectivity index (χ0) is 27.2. The van der Waals surface area contributed by atoms with Crippen molar-refractivity contribution in [3.8, 4) is 0 Å². The smallest absolute Gasteiger partial charge is 0.244 e. The maximum Gasteiger partial charge on any atom is 0.244 e. The normalized spacial score (nSPS) is 12.0. The molecule has 0 fully saturated rings. The zero-order valence-electron chi connectivity index (χ0n) is 20.8. The van der Waals surface area contributed by atoms with Crippen LogP contribution >= 0.6 is 11.6 Å². The summed E-state index contributed by atoms with van der Waals surface area (Å²) in [5, 5.41) is 2.35. The predicted octanol–water partition coefficient (Wildman–Crippen LogP) is 3.94. The summed E-state index contributed by atoms with van der Waals surface area (Å²) in [7, 11) is -2.48. The molecular weight excluding hydrogens is 517 g/mol. The van der Waals surface area contributed by atoms with Crippen LogP contribution in [-0.4, -0.2) is 51.0 Å². The molecule has 0 heterocycles. The lowest BCUT2D eigenvalue weighted by molar-refractivity contribution is -0.139. The Bertz CT molecular complexity index is 1350. The summed E-state index contributed by atoms with van der Waals surface area (Å²) in [5.41, 5.74) is 2.68. The monoisotopic (exact) mass is 545 g/mol. The van der Waals surface area contributed by atoms with Crippen LogP contribution in [0.4, 0.5) is 10.1 Å². The fourth-order valence-corrected chi connectivity index (χ4v) is 4.88. The summed E-state index contributed by atoms with van der Waals surface area (Å²) in [4.78, 5) is 28.2. The molecule has 7 nitrogen and oxygen atoms in total. The third-order valence-electron chi connectivity index (χ3n) is 5.86. The fourth-order valence-electron chi connectivity index (χ4n) is 3.86. The molecule has 1 N–H and O–H groups in total. The van der Waals surface area contributed by atoms with Crippen LogP contribution in [0.15, 0.2) is 72.8 Å². The highest BCUT2D eigenvalue weighted by Crippen LogP contribution is 2.25. The standard InChI is InChI=1S/C27H29ClFN3O4S/c1-19-9-11-21(12-10-19)17-31(25(27(34)30-2)15-20-7-5-4-6-8-20)26(33)18-32(37(3,35)36)22-13-14-24(29)23(28)16-22/h4-14,16,25H,15,17-18H2,1-3H3,(H,30,34)/t25-/m0/s1. The molecule has 0 saturated carbocycles. The van der Waals surface area contributed by atoms with Crippen LogP contribution in [0.25, 0.3) is 0 Å². The van der Waals surface area contributed by atoms with Gasteiger partial charge < -0.3 is 10.2 Å². The van der Waals surface area contributed by atoms with Gasteiger partial charge in [-0.1, -0.05) is 71.8 Å². The molecule has 0 radical (unpaired) electrons. The maximum absolute atomic E-state index is 13.8. The molecule has 0 aliphatic carbocycles. The van der Waals surface area contributed by atoms with E-state index in [0.29, 0.717) is 0 Å². The molecule has 1 atom stereocenters. The van der Waals surface area contributed by atoms with E-state index in [1.807, 2.05) is 61.5 Å². The van der Waals surface area contributed by atoms with Gasteiger partial charge in [0.2, 0.25) is 21.8 Å². The van der Waals surface area contributed by atoms with E-state index in [-0.39, 0.29) is 29.6 Å². The third kappa shape index (κ3) is 7.53. The van der Waals surface area contributed by atoms with Gasteiger partial charge in [-0.2, -0.15) is 0 Å². The van der Waals surface area contributed by atoms with Gasteiger partial charge in [-0.05, 0) is 36.2 Å². The summed E-state index contributed by atoms with van der Waals surface area (Å²) >= 11 is 5.88. The molecule has 196 valence electrons. The number of aryl methyl sites for hydroxylation is 1. The van der Waals surface area contributed by atoms with Crippen LogP contribution in [0.3, 0.4) is 0 Å². The molecule has 0 aliphatic heterocycles. The molecule has 0 bridgehead atoms. The number of sulfonamides is 1. The Morgan fingerprint density at radius 2 is 1.65 bits per heavy atom. The van der Waals surface area contributed by atoms with Crippen LogP contribution in [0.1, 0.15) is 16.7 Å². The summed E-state index contributed by atoms with van der Waals surface area (Å²) in [6.07, 6.45) is 1.17. The van der Waals surface area contributed by atoms with Crippen LogP contribution in [0.2, 0.25) is 5.02 Å². The van der Waals surface area contributed by atoms with E-state index in [1.54, 1.807) is 0 Å². The number of halogens is 2. The van der Waals surface area contributed by atoms with Crippen LogP contribution < -0.4 is 9.62 Å². The molecule has 3 aromatic carbocycles. The molecule has 0 unspecified atom stereocenters. The van der Waals surface area contributed by atoms with E-state index >= 15 is 0 Å². The Balaban J connectivity index is 2.03. The second-order valence-electron chi connectivity index (χ2n) is 8.70. The zero-order valence-corrected chi connectivity index (χ0v) is 22.4. The highest BCUT2D eigenvalue weighted by molar-refractivity contribution is 7.92. The first kappa shape index (κ1) is 28.1. The van der Waals surface area contributed by atoms with E-state index in [1.165, 1.54) is 18.0 Å². The Morgan fingerprint density at radius 1 is 1.00 bits per heavy atom. The van der Waals surface area contributed by atoms with Crippen LogP contribution in [0, 0.1) is 12.7 Å². The van der Waals surface area contributed by atoms with Crippen LogP contribution in [-0.2, 0) is 32.6 Å². The van der Waals surface area contributed by atoms with Crippen molar-refractivity contribution in [2.75, 3.05) is 24.2 Å². The number of carbonyl (C=O) groups is 2. The Labute approximate surface area is 221 Å². The third-order valence-corrected chi connectivity index (χ3v) is 7.29. The molecule has 3 aromatic rings. The van der Waals surface area contributed by atoms with E-state index < -0.39 is 34.3 Å². The number of nitrogens with zero attached hydrogens (tertiary/aromatic N) is 2. The lowest BCUT2D eigenvalue weighted by Crippen LogP contribution is -2.52. The summed E-state index contributed by atoms with van der Waals surface area (Å²) < 4.78 is 39.9. The van der Waals surface area contributed by atoms with E-state index in [0.717, 1.165) is 39.4 Å². The van der Waals surface area contributed by atoms with Crippen LogP contribution in [0.5, 0.6) is 0 Å². The molecule has 0 aliphatic rings. The number of amides is 2. The van der Waals surface area contributed by atoms with E-state index in [2.05, 4.69) is 5.32 Å². The second kappa shape index (κ2) is 12.2. The lowest BCUT2D eigenvalue weighted by Gasteiger charge is -2.33. The van der Waals surface area contributed by atoms with Crippen molar-refractivity contribution in [2.45, 2.75) is 25.9 Å². The van der Waals surface area contributed by atoms with Crippen molar-refractivity contribution in [2.24, 2.45) is 0 Å². The predicted molar refractivity (Wildman–Crippen MR) is 143 cm³/mol. The van der Waals surface area contributed by atoms with Gasteiger partial charge in [0.15, 0.2) is 0 Å².